The Morgan fingerprint density at radius 2 is 2.11 bits per heavy atom. The molecule has 1 aliphatic carbocycles. The minimum absolute atomic E-state index is 0.463. The number of rotatable bonds is 3. The summed E-state index contributed by atoms with van der Waals surface area (Å²) in [5.41, 5.74) is 1.51. The third-order valence-electron chi connectivity index (χ3n) is 3.64. The zero-order valence-corrected chi connectivity index (χ0v) is 12.9. The first-order valence-electron chi connectivity index (χ1n) is 6.58. The van der Waals surface area contributed by atoms with Crippen molar-refractivity contribution in [2.45, 2.75) is 38.1 Å². The van der Waals surface area contributed by atoms with Gasteiger partial charge in [0, 0.05) is 6.20 Å². The van der Waals surface area contributed by atoms with Gasteiger partial charge in [-0.2, -0.15) is 5.10 Å². The first-order chi connectivity index (χ1) is 9.28. The summed E-state index contributed by atoms with van der Waals surface area (Å²) in [6.07, 6.45) is 9.02. The van der Waals surface area contributed by atoms with Crippen LogP contribution in [0.15, 0.2) is 22.1 Å². The van der Waals surface area contributed by atoms with Gasteiger partial charge in [0.2, 0.25) is 0 Å². The molecule has 1 saturated carbocycles. The van der Waals surface area contributed by atoms with Gasteiger partial charge in [-0.25, -0.2) is 0 Å². The molecule has 100 valence electrons. The zero-order chi connectivity index (χ0) is 13.2. The fourth-order valence-electron chi connectivity index (χ4n) is 2.66. The molecule has 5 heteroatoms. The molecule has 0 aliphatic heterocycles. The number of aldehydes is 1. The summed E-state index contributed by atoms with van der Waals surface area (Å²) in [6, 6.07) is 4.47. The smallest absolute Gasteiger partial charge is 0.153 e. The van der Waals surface area contributed by atoms with Crippen LogP contribution in [-0.4, -0.2) is 16.1 Å². The summed E-state index contributed by atoms with van der Waals surface area (Å²) in [6.45, 7) is 0. The summed E-state index contributed by atoms with van der Waals surface area (Å²) in [5.74, 6) is 0. The van der Waals surface area contributed by atoms with Crippen LogP contribution in [0.25, 0.3) is 10.6 Å². The van der Waals surface area contributed by atoms with E-state index >= 15 is 0 Å². The molecule has 0 saturated heterocycles. The van der Waals surface area contributed by atoms with Crippen LogP contribution in [-0.2, 0) is 0 Å². The maximum atomic E-state index is 11.2. The van der Waals surface area contributed by atoms with Crippen LogP contribution in [0.5, 0.6) is 0 Å². The van der Waals surface area contributed by atoms with Crippen molar-refractivity contribution >= 4 is 33.6 Å². The predicted molar refractivity (Wildman–Crippen MR) is 80.7 cm³/mol. The van der Waals surface area contributed by atoms with Crippen LogP contribution in [0.2, 0.25) is 0 Å². The normalized spacial score (nSPS) is 16.7. The third-order valence-corrected chi connectivity index (χ3v) is 5.27. The average Bonchev–Trinajstić information content (AvgIpc) is 3.05. The number of aromatic nitrogens is 2. The molecule has 2 aromatic rings. The van der Waals surface area contributed by atoms with Crippen molar-refractivity contribution in [3.8, 4) is 10.6 Å². The summed E-state index contributed by atoms with van der Waals surface area (Å²) in [7, 11) is 0. The zero-order valence-electron chi connectivity index (χ0n) is 10.5. The SMILES string of the molecule is O=Cc1cn(C2CCCCC2)nc1-c1ccc(Br)s1. The lowest BCUT2D eigenvalue weighted by Crippen LogP contribution is -2.13. The molecule has 0 unspecified atom stereocenters. The minimum atomic E-state index is 0.463. The third kappa shape index (κ3) is 2.67. The van der Waals surface area contributed by atoms with E-state index in [4.69, 9.17) is 0 Å². The molecule has 0 N–H and O–H groups in total. The van der Waals surface area contributed by atoms with Crippen molar-refractivity contribution < 1.29 is 4.79 Å². The van der Waals surface area contributed by atoms with E-state index in [1.165, 1.54) is 32.1 Å². The molecule has 19 heavy (non-hydrogen) atoms. The van der Waals surface area contributed by atoms with Gasteiger partial charge >= 0.3 is 0 Å². The summed E-state index contributed by atoms with van der Waals surface area (Å²) in [5, 5.41) is 4.66. The van der Waals surface area contributed by atoms with E-state index in [1.807, 2.05) is 23.0 Å². The summed E-state index contributed by atoms with van der Waals surface area (Å²) >= 11 is 5.07. The van der Waals surface area contributed by atoms with Crippen LogP contribution in [0.1, 0.15) is 48.5 Å². The van der Waals surface area contributed by atoms with E-state index < -0.39 is 0 Å². The van der Waals surface area contributed by atoms with E-state index in [2.05, 4.69) is 21.0 Å². The molecule has 0 bridgehead atoms. The van der Waals surface area contributed by atoms with Gasteiger partial charge in [0.05, 0.1) is 20.3 Å². The number of thiophene rings is 1. The van der Waals surface area contributed by atoms with Gasteiger partial charge in [-0.05, 0) is 40.9 Å². The second-order valence-corrected chi connectivity index (χ2v) is 7.39. The molecule has 2 heterocycles. The summed E-state index contributed by atoms with van der Waals surface area (Å²) in [4.78, 5) is 12.3. The second kappa shape index (κ2) is 5.59. The van der Waals surface area contributed by atoms with Crippen molar-refractivity contribution in [2.75, 3.05) is 0 Å². The number of carbonyl (C=O) groups excluding carboxylic acids is 1. The molecule has 3 rings (SSSR count). The average molecular weight is 339 g/mol. The van der Waals surface area contributed by atoms with Gasteiger partial charge in [0.1, 0.15) is 5.69 Å². The van der Waals surface area contributed by atoms with Crippen molar-refractivity contribution in [1.82, 2.24) is 9.78 Å². The summed E-state index contributed by atoms with van der Waals surface area (Å²) < 4.78 is 3.07. The molecule has 2 aromatic heterocycles. The molecule has 1 fully saturated rings. The minimum Gasteiger partial charge on any atom is -0.298 e. The fourth-order valence-corrected chi connectivity index (χ4v) is 4.05. The van der Waals surface area contributed by atoms with Gasteiger partial charge in [-0.3, -0.25) is 9.48 Å². The fraction of sp³-hybridized carbons (Fsp3) is 0.429. The van der Waals surface area contributed by atoms with Crippen molar-refractivity contribution in [2.24, 2.45) is 0 Å². The number of halogens is 1. The highest BCUT2D eigenvalue weighted by molar-refractivity contribution is 9.11. The second-order valence-electron chi connectivity index (χ2n) is 4.93. The quantitative estimate of drug-likeness (QED) is 0.760. The van der Waals surface area contributed by atoms with E-state index in [-0.39, 0.29) is 0 Å². The Labute approximate surface area is 124 Å². The van der Waals surface area contributed by atoms with Gasteiger partial charge in [-0.15, -0.1) is 11.3 Å². The Balaban J connectivity index is 1.95. The highest BCUT2D eigenvalue weighted by atomic mass is 79.9. The first-order valence-corrected chi connectivity index (χ1v) is 8.19. The van der Waals surface area contributed by atoms with Crippen LogP contribution < -0.4 is 0 Å². The standard InChI is InChI=1S/C14H15BrN2OS/c15-13-7-6-12(19-13)14-10(9-18)8-17(16-14)11-4-2-1-3-5-11/h6-9,11H,1-5H2. The Kier molecular flexibility index (Phi) is 3.84. The van der Waals surface area contributed by atoms with E-state index in [0.29, 0.717) is 11.6 Å². The molecule has 0 atom stereocenters. The van der Waals surface area contributed by atoms with Crippen LogP contribution in [0, 0.1) is 0 Å². The molecule has 0 aromatic carbocycles. The largest absolute Gasteiger partial charge is 0.298 e. The molecule has 1 aliphatic rings. The van der Waals surface area contributed by atoms with Crippen molar-refractivity contribution in [3.63, 3.8) is 0 Å². The Morgan fingerprint density at radius 1 is 1.32 bits per heavy atom. The maximum Gasteiger partial charge on any atom is 0.153 e. The Morgan fingerprint density at radius 3 is 2.74 bits per heavy atom. The highest BCUT2D eigenvalue weighted by Gasteiger charge is 2.19. The highest BCUT2D eigenvalue weighted by Crippen LogP contribution is 2.34. The van der Waals surface area contributed by atoms with E-state index in [0.717, 1.165) is 20.6 Å². The van der Waals surface area contributed by atoms with Crippen LogP contribution >= 0.6 is 27.3 Å². The molecule has 0 radical (unpaired) electrons. The van der Waals surface area contributed by atoms with Crippen LogP contribution in [0.3, 0.4) is 0 Å². The van der Waals surface area contributed by atoms with Gasteiger partial charge in [0.15, 0.2) is 6.29 Å². The molecular weight excluding hydrogens is 324 g/mol. The monoisotopic (exact) mass is 338 g/mol. The molecule has 0 spiro atoms. The van der Waals surface area contributed by atoms with Gasteiger partial charge < -0.3 is 0 Å². The predicted octanol–water partition coefficient (Wildman–Crippen LogP) is 4.69. The Bertz CT molecular complexity index is 584. The lowest BCUT2D eigenvalue weighted by Gasteiger charge is -2.21. The van der Waals surface area contributed by atoms with E-state index in [1.54, 1.807) is 11.3 Å². The molecular formula is C14H15BrN2OS. The number of nitrogens with zero attached hydrogens (tertiary/aromatic N) is 2. The van der Waals surface area contributed by atoms with E-state index in [9.17, 15) is 4.79 Å². The number of carbonyl (C=O) groups is 1. The Hall–Kier alpha value is -0.940. The topological polar surface area (TPSA) is 34.9 Å². The lowest BCUT2D eigenvalue weighted by molar-refractivity contribution is 0.112. The van der Waals surface area contributed by atoms with Crippen LogP contribution in [0.4, 0.5) is 0 Å². The molecule has 0 amide bonds. The molecule has 3 nitrogen and oxygen atoms in total. The van der Waals surface area contributed by atoms with Crippen molar-refractivity contribution in [3.05, 3.63) is 27.7 Å². The van der Waals surface area contributed by atoms with Gasteiger partial charge in [-0.1, -0.05) is 19.3 Å². The number of hydrogen-bond donors (Lipinski definition) is 0. The maximum absolute atomic E-state index is 11.2. The number of hydrogen-bond acceptors (Lipinski definition) is 3. The van der Waals surface area contributed by atoms with Gasteiger partial charge in [0.25, 0.3) is 0 Å². The lowest BCUT2D eigenvalue weighted by atomic mass is 9.96. The van der Waals surface area contributed by atoms with Crippen molar-refractivity contribution in [1.29, 1.82) is 0 Å². The first kappa shape index (κ1) is 13.1.